The first-order valence-electron chi connectivity index (χ1n) is 19.5. The van der Waals surface area contributed by atoms with E-state index in [0.717, 1.165) is 27.3 Å². The van der Waals surface area contributed by atoms with Crippen LogP contribution in [0, 0.1) is 0 Å². The molecular weight excluding hydrogens is 766 g/mol. The Labute approximate surface area is 338 Å². The van der Waals surface area contributed by atoms with Crippen LogP contribution in [-0.2, 0) is 19.2 Å². The number of rotatable bonds is 11. The number of nitrogens with zero attached hydrogens (tertiary/aromatic N) is 6. The van der Waals surface area contributed by atoms with Crippen LogP contribution in [0.2, 0.25) is 5.02 Å². The molecule has 3 saturated heterocycles. The molecule has 4 aromatic rings. The molecule has 6 heterocycles. The minimum absolute atomic E-state index is 0.0231. The van der Waals surface area contributed by atoms with Crippen LogP contribution in [0.5, 0.6) is 0 Å². The number of nitrogens with one attached hydrogen (secondary N) is 4. The average Bonchev–Trinajstić information content (AvgIpc) is 3.81. The summed E-state index contributed by atoms with van der Waals surface area (Å²) in [5.74, 6) is -1.94. The Hall–Kier alpha value is -5.91. The lowest BCUT2D eigenvalue weighted by atomic mass is 9.87. The second-order valence-corrected chi connectivity index (χ2v) is 15.6. The maximum atomic E-state index is 13.9. The van der Waals surface area contributed by atoms with Gasteiger partial charge in [0.1, 0.15) is 23.8 Å². The van der Waals surface area contributed by atoms with E-state index in [4.69, 9.17) is 17.3 Å². The highest BCUT2D eigenvalue weighted by molar-refractivity contribution is 6.30. The first kappa shape index (κ1) is 38.9. The molecule has 302 valence electrons. The molecule has 3 fully saturated rings. The maximum Gasteiger partial charge on any atom is 0.264 e. The zero-order valence-corrected chi connectivity index (χ0v) is 32.5. The van der Waals surface area contributed by atoms with Gasteiger partial charge in [-0.3, -0.25) is 43.9 Å². The maximum absolute atomic E-state index is 13.9. The van der Waals surface area contributed by atoms with Gasteiger partial charge in [-0.15, -0.1) is 0 Å². The Bertz CT molecular complexity index is 2270. The van der Waals surface area contributed by atoms with Crippen molar-refractivity contribution in [3.63, 3.8) is 0 Å². The molecular formula is C40H44ClN11O6. The van der Waals surface area contributed by atoms with Gasteiger partial charge in [-0.25, -0.2) is 9.97 Å². The molecule has 0 bridgehead atoms. The van der Waals surface area contributed by atoms with Crippen molar-refractivity contribution in [2.45, 2.75) is 49.7 Å². The number of imide groups is 2. The van der Waals surface area contributed by atoms with Gasteiger partial charge in [0.05, 0.1) is 34.6 Å². The minimum Gasteiger partial charge on any atom is -0.375 e. The summed E-state index contributed by atoms with van der Waals surface area (Å²) in [6.07, 6.45) is 4.96. The van der Waals surface area contributed by atoms with Crippen LogP contribution >= 0.6 is 11.6 Å². The molecule has 0 saturated carbocycles. The van der Waals surface area contributed by atoms with Crippen LogP contribution in [0.3, 0.4) is 0 Å². The zero-order valence-electron chi connectivity index (χ0n) is 31.7. The van der Waals surface area contributed by atoms with Crippen molar-refractivity contribution in [3.8, 4) is 0 Å². The first-order chi connectivity index (χ1) is 28.0. The molecule has 17 nitrogen and oxygen atoms in total. The van der Waals surface area contributed by atoms with Gasteiger partial charge in [-0.05, 0) is 61.6 Å². The van der Waals surface area contributed by atoms with Gasteiger partial charge in [0.25, 0.3) is 11.8 Å². The highest BCUT2D eigenvalue weighted by Crippen LogP contribution is 2.33. The number of carbonyl (C=O) groups is 6. The van der Waals surface area contributed by atoms with E-state index in [1.54, 1.807) is 29.2 Å². The summed E-state index contributed by atoms with van der Waals surface area (Å²) >= 11 is 6.21. The Morgan fingerprint density at radius 2 is 1.71 bits per heavy atom. The molecule has 58 heavy (non-hydrogen) atoms. The summed E-state index contributed by atoms with van der Waals surface area (Å²) < 4.78 is 0. The largest absolute Gasteiger partial charge is 0.375 e. The highest BCUT2D eigenvalue weighted by Gasteiger charge is 2.46. The number of benzene rings is 2. The van der Waals surface area contributed by atoms with Crippen molar-refractivity contribution in [2.24, 2.45) is 5.73 Å². The molecule has 6 amide bonds. The lowest BCUT2D eigenvalue weighted by Gasteiger charge is -2.39. The number of aromatic nitrogens is 3. The average molecular weight is 810 g/mol. The van der Waals surface area contributed by atoms with E-state index < -0.39 is 35.2 Å². The molecule has 0 spiro atoms. The van der Waals surface area contributed by atoms with E-state index in [0.29, 0.717) is 75.8 Å². The van der Waals surface area contributed by atoms with Crippen molar-refractivity contribution >= 4 is 69.6 Å². The van der Waals surface area contributed by atoms with Gasteiger partial charge in [0.15, 0.2) is 0 Å². The van der Waals surface area contributed by atoms with E-state index in [1.165, 1.54) is 12.4 Å². The first-order valence-corrected chi connectivity index (χ1v) is 19.8. The fraction of sp³-hybridized carbons (Fsp3) is 0.400. The molecule has 2 atom stereocenters. The monoisotopic (exact) mass is 809 g/mol. The Balaban J connectivity index is 0.841. The normalized spacial score (nSPS) is 20.2. The number of piperidine rings is 2. The van der Waals surface area contributed by atoms with Crippen LogP contribution in [0.25, 0.3) is 11.0 Å². The fourth-order valence-electron chi connectivity index (χ4n) is 8.25. The molecule has 4 aliphatic rings. The number of piperazine rings is 1. The number of hydrogen-bond donors (Lipinski definition) is 5. The number of hydrogen-bond acceptors (Lipinski definition) is 12. The third-order valence-electron chi connectivity index (χ3n) is 11.7. The summed E-state index contributed by atoms with van der Waals surface area (Å²) in [4.78, 5) is 97.0. The molecule has 6 N–H and O–H groups in total. The predicted molar refractivity (Wildman–Crippen MR) is 214 cm³/mol. The molecule has 2 aromatic heterocycles. The van der Waals surface area contributed by atoms with Crippen LogP contribution in [0.4, 0.5) is 11.5 Å². The Morgan fingerprint density at radius 1 is 0.948 bits per heavy atom. The summed E-state index contributed by atoms with van der Waals surface area (Å²) in [6, 6.07) is 12.7. The third kappa shape index (κ3) is 7.71. The number of nitrogens with two attached hydrogens (primary N) is 1. The number of carbonyl (C=O) groups excluding carboxylic acids is 6. The van der Waals surface area contributed by atoms with Gasteiger partial charge >= 0.3 is 0 Å². The number of fused-ring (bicyclic) bond motifs is 2. The fourth-order valence-corrected chi connectivity index (χ4v) is 8.38. The number of H-pyrrole nitrogens is 1. The molecule has 0 aliphatic carbocycles. The van der Waals surface area contributed by atoms with E-state index in [1.807, 2.05) is 24.4 Å². The quantitative estimate of drug-likeness (QED) is 0.137. The summed E-state index contributed by atoms with van der Waals surface area (Å²) in [7, 11) is 0. The van der Waals surface area contributed by atoms with Gasteiger partial charge in [-0.1, -0.05) is 29.8 Å². The number of anilines is 2. The van der Waals surface area contributed by atoms with E-state index >= 15 is 0 Å². The highest BCUT2D eigenvalue weighted by atomic mass is 35.5. The van der Waals surface area contributed by atoms with Crippen molar-refractivity contribution < 1.29 is 28.8 Å². The standard InChI is InChI=1S/C40H44ClN11O6/c41-25-6-4-24(5-7-25)28(47-39(58)40(42)12-16-51(17-13-40)35-27-10-14-43-34(27)45-23-46-35)11-15-49-18-20-50(21-19-49)32(54)22-44-29-3-1-2-26-33(29)38(57)52(37(26)56)30-8-9-31(53)48-36(30)55/h1-7,10,14,23,28,30,44H,8-9,11-13,15-22,42H2,(H,47,58)(H,43,45,46)(H,48,53,55)/t28-,30?/m0/s1. The molecule has 0 radical (unpaired) electrons. The lowest BCUT2D eigenvalue weighted by Crippen LogP contribution is -2.60. The van der Waals surface area contributed by atoms with Gasteiger partial charge in [-0.2, -0.15) is 0 Å². The van der Waals surface area contributed by atoms with Crippen molar-refractivity contribution in [1.29, 1.82) is 0 Å². The van der Waals surface area contributed by atoms with Crippen molar-refractivity contribution in [1.82, 2.24) is 40.3 Å². The molecule has 8 rings (SSSR count). The second kappa shape index (κ2) is 16.2. The van der Waals surface area contributed by atoms with Crippen LogP contribution < -0.4 is 26.6 Å². The van der Waals surface area contributed by atoms with E-state index in [2.05, 4.69) is 40.7 Å². The number of halogens is 1. The smallest absolute Gasteiger partial charge is 0.264 e. The lowest BCUT2D eigenvalue weighted by molar-refractivity contribution is -0.136. The van der Waals surface area contributed by atoms with Crippen LogP contribution in [0.15, 0.2) is 61.1 Å². The molecule has 4 aliphatic heterocycles. The Kier molecular flexibility index (Phi) is 10.8. The predicted octanol–water partition coefficient (Wildman–Crippen LogP) is 1.81. The van der Waals surface area contributed by atoms with Gasteiger partial charge in [0.2, 0.25) is 23.6 Å². The van der Waals surface area contributed by atoms with E-state index in [9.17, 15) is 28.8 Å². The zero-order chi connectivity index (χ0) is 40.6. The summed E-state index contributed by atoms with van der Waals surface area (Å²) in [5.41, 5.74) is 7.99. The summed E-state index contributed by atoms with van der Waals surface area (Å²) in [5, 5.41) is 10.0. The molecule has 18 heteroatoms. The van der Waals surface area contributed by atoms with Crippen molar-refractivity contribution in [2.75, 3.05) is 62.6 Å². The third-order valence-corrected chi connectivity index (χ3v) is 11.9. The Morgan fingerprint density at radius 3 is 2.45 bits per heavy atom. The SMILES string of the molecule is NC1(C(=O)N[C@@H](CCN2CCN(C(=O)CNc3cccc4c3C(=O)N(C3CCC(=O)NC3=O)C4=O)CC2)c2ccc(Cl)cc2)CCN(c2ncnc3[nH]ccc23)CC1. The second-order valence-electron chi connectivity index (χ2n) is 15.2. The van der Waals surface area contributed by atoms with Crippen LogP contribution in [0.1, 0.15) is 64.4 Å². The van der Waals surface area contributed by atoms with Crippen LogP contribution in [-0.4, -0.2) is 129 Å². The van der Waals surface area contributed by atoms with Crippen molar-refractivity contribution in [3.05, 3.63) is 82.8 Å². The summed E-state index contributed by atoms with van der Waals surface area (Å²) in [6.45, 7) is 3.90. The topological polar surface area (TPSA) is 219 Å². The van der Waals surface area contributed by atoms with E-state index in [-0.39, 0.29) is 48.4 Å². The van der Waals surface area contributed by atoms with Gasteiger partial charge < -0.3 is 31.2 Å². The minimum atomic E-state index is -1.08. The molecule has 1 unspecified atom stereocenters. The number of aromatic amines is 1. The van der Waals surface area contributed by atoms with Gasteiger partial charge in [0, 0.05) is 69.1 Å². The number of amides is 6. The molecule has 2 aromatic carbocycles.